The lowest BCUT2D eigenvalue weighted by molar-refractivity contribution is 0.151. The van der Waals surface area contributed by atoms with Crippen molar-refractivity contribution in [2.24, 2.45) is 0 Å². The Morgan fingerprint density at radius 1 is 1.33 bits per heavy atom. The third kappa shape index (κ3) is 3.48. The summed E-state index contributed by atoms with van der Waals surface area (Å²) in [6.45, 7) is 2.06. The summed E-state index contributed by atoms with van der Waals surface area (Å²) in [4.78, 5) is 10.8. The summed E-state index contributed by atoms with van der Waals surface area (Å²) in [7, 11) is 0. The maximum absolute atomic E-state index is 10.8. The number of hydrogen-bond acceptors (Lipinski definition) is 2. The van der Waals surface area contributed by atoms with Crippen LogP contribution in [0.1, 0.15) is 37.7 Å². The summed E-state index contributed by atoms with van der Waals surface area (Å²) in [5.41, 5.74) is 0.844. The summed E-state index contributed by atoms with van der Waals surface area (Å²) in [5, 5.41) is 9.83. The molecule has 0 saturated heterocycles. The van der Waals surface area contributed by atoms with Gasteiger partial charge >= 0.3 is 0 Å². The first kappa shape index (κ1) is 11.9. The SMILES string of the molecule is CCCCC(O)C([C]=O)c1ccccc1. The molecule has 1 rings (SSSR count). The molecule has 0 amide bonds. The molecule has 1 N–H and O–H groups in total. The molecule has 0 aliphatic heterocycles. The van der Waals surface area contributed by atoms with Crippen molar-refractivity contribution in [2.45, 2.75) is 38.2 Å². The molecule has 0 aromatic heterocycles. The van der Waals surface area contributed by atoms with Crippen LogP contribution in [0.3, 0.4) is 0 Å². The molecule has 81 valence electrons. The van der Waals surface area contributed by atoms with E-state index in [4.69, 9.17) is 0 Å². The predicted molar refractivity (Wildman–Crippen MR) is 60.4 cm³/mol. The maximum atomic E-state index is 10.8. The van der Waals surface area contributed by atoms with Crippen LogP contribution < -0.4 is 0 Å². The van der Waals surface area contributed by atoms with E-state index in [2.05, 4.69) is 6.92 Å². The van der Waals surface area contributed by atoms with Gasteiger partial charge in [-0.3, -0.25) is 4.79 Å². The minimum Gasteiger partial charge on any atom is -0.392 e. The van der Waals surface area contributed by atoms with Crippen LogP contribution in [0.15, 0.2) is 30.3 Å². The van der Waals surface area contributed by atoms with Crippen molar-refractivity contribution in [3.63, 3.8) is 0 Å². The predicted octanol–water partition coefficient (Wildman–Crippen LogP) is 2.43. The topological polar surface area (TPSA) is 37.3 Å². The summed E-state index contributed by atoms with van der Waals surface area (Å²) in [6.07, 6.45) is 3.94. The molecular formula is C13H17O2. The minimum atomic E-state index is -0.607. The van der Waals surface area contributed by atoms with Crippen LogP contribution in [0.2, 0.25) is 0 Å². The molecule has 2 nitrogen and oxygen atoms in total. The van der Waals surface area contributed by atoms with Gasteiger partial charge in [-0.05, 0) is 12.0 Å². The number of aliphatic hydroxyl groups excluding tert-OH is 1. The molecule has 1 aromatic carbocycles. The van der Waals surface area contributed by atoms with E-state index in [0.717, 1.165) is 18.4 Å². The van der Waals surface area contributed by atoms with Gasteiger partial charge in [0.1, 0.15) is 0 Å². The van der Waals surface area contributed by atoms with E-state index in [9.17, 15) is 9.90 Å². The average Bonchev–Trinajstić information content (AvgIpc) is 2.29. The highest BCUT2D eigenvalue weighted by molar-refractivity contribution is 5.63. The number of unbranched alkanes of at least 4 members (excludes halogenated alkanes) is 1. The van der Waals surface area contributed by atoms with Crippen molar-refractivity contribution >= 4 is 6.29 Å². The Hall–Kier alpha value is -1.15. The van der Waals surface area contributed by atoms with E-state index in [1.807, 2.05) is 36.6 Å². The van der Waals surface area contributed by atoms with Gasteiger partial charge in [0.05, 0.1) is 12.0 Å². The molecule has 1 radical (unpaired) electrons. The molecule has 0 aliphatic rings. The molecule has 0 spiro atoms. The molecule has 0 aliphatic carbocycles. The molecule has 0 fully saturated rings. The van der Waals surface area contributed by atoms with Crippen LogP contribution in [0.25, 0.3) is 0 Å². The quantitative estimate of drug-likeness (QED) is 0.774. The smallest absolute Gasteiger partial charge is 0.209 e. The zero-order valence-corrected chi connectivity index (χ0v) is 9.02. The zero-order chi connectivity index (χ0) is 11.1. The van der Waals surface area contributed by atoms with Gasteiger partial charge < -0.3 is 5.11 Å². The number of benzene rings is 1. The molecule has 1 aromatic rings. The Morgan fingerprint density at radius 2 is 2.00 bits per heavy atom. The first-order chi connectivity index (χ1) is 7.29. The van der Waals surface area contributed by atoms with Gasteiger partial charge in [-0.15, -0.1) is 0 Å². The molecule has 0 saturated carbocycles. The lowest BCUT2D eigenvalue weighted by atomic mass is 9.92. The Balaban J connectivity index is 2.67. The van der Waals surface area contributed by atoms with Crippen LogP contribution in [0.4, 0.5) is 0 Å². The van der Waals surface area contributed by atoms with E-state index >= 15 is 0 Å². The van der Waals surface area contributed by atoms with Crippen molar-refractivity contribution in [1.82, 2.24) is 0 Å². The van der Waals surface area contributed by atoms with Crippen LogP contribution in [0, 0.1) is 0 Å². The Morgan fingerprint density at radius 3 is 2.53 bits per heavy atom. The fraction of sp³-hybridized carbons (Fsp3) is 0.462. The molecular weight excluding hydrogens is 188 g/mol. The highest BCUT2D eigenvalue weighted by atomic mass is 16.3. The second-order valence-electron chi connectivity index (χ2n) is 3.72. The van der Waals surface area contributed by atoms with Gasteiger partial charge in [0.2, 0.25) is 6.29 Å². The Kier molecular flexibility index (Phi) is 5.05. The molecule has 2 atom stereocenters. The lowest BCUT2D eigenvalue weighted by Crippen LogP contribution is -2.19. The van der Waals surface area contributed by atoms with E-state index in [1.54, 1.807) is 0 Å². The van der Waals surface area contributed by atoms with Crippen molar-refractivity contribution in [1.29, 1.82) is 0 Å². The molecule has 2 unspecified atom stereocenters. The van der Waals surface area contributed by atoms with Crippen molar-refractivity contribution in [3.8, 4) is 0 Å². The third-order valence-electron chi connectivity index (χ3n) is 2.52. The van der Waals surface area contributed by atoms with E-state index < -0.39 is 12.0 Å². The first-order valence-electron chi connectivity index (χ1n) is 5.40. The van der Waals surface area contributed by atoms with Crippen molar-refractivity contribution in [3.05, 3.63) is 35.9 Å². The van der Waals surface area contributed by atoms with Crippen molar-refractivity contribution in [2.75, 3.05) is 0 Å². The van der Waals surface area contributed by atoms with Crippen LogP contribution in [-0.2, 0) is 4.79 Å². The summed E-state index contributed by atoms with van der Waals surface area (Å²) < 4.78 is 0. The zero-order valence-electron chi connectivity index (χ0n) is 9.02. The molecule has 0 bridgehead atoms. The monoisotopic (exact) mass is 205 g/mol. The minimum absolute atomic E-state index is 0.502. The second-order valence-corrected chi connectivity index (χ2v) is 3.72. The van der Waals surface area contributed by atoms with Gasteiger partial charge in [-0.1, -0.05) is 50.1 Å². The molecule has 2 heteroatoms. The lowest BCUT2D eigenvalue weighted by Gasteiger charge is -2.16. The van der Waals surface area contributed by atoms with Gasteiger partial charge in [-0.2, -0.15) is 0 Å². The van der Waals surface area contributed by atoms with E-state index in [-0.39, 0.29) is 0 Å². The normalized spacial score (nSPS) is 14.5. The van der Waals surface area contributed by atoms with E-state index in [1.165, 1.54) is 0 Å². The summed E-state index contributed by atoms with van der Waals surface area (Å²) in [5.74, 6) is -0.502. The average molecular weight is 205 g/mol. The number of aliphatic hydroxyl groups is 1. The van der Waals surface area contributed by atoms with Crippen molar-refractivity contribution < 1.29 is 9.90 Å². The van der Waals surface area contributed by atoms with Gasteiger partial charge in [0.15, 0.2) is 0 Å². The van der Waals surface area contributed by atoms with Gasteiger partial charge in [0, 0.05) is 0 Å². The van der Waals surface area contributed by atoms with Gasteiger partial charge in [0.25, 0.3) is 0 Å². The highest BCUT2D eigenvalue weighted by Gasteiger charge is 2.20. The first-order valence-corrected chi connectivity index (χ1v) is 5.40. The Bertz CT molecular complexity index is 282. The van der Waals surface area contributed by atoms with Crippen LogP contribution in [-0.4, -0.2) is 17.5 Å². The van der Waals surface area contributed by atoms with Crippen LogP contribution in [0.5, 0.6) is 0 Å². The largest absolute Gasteiger partial charge is 0.392 e. The fourth-order valence-electron chi connectivity index (χ4n) is 1.61. The third-order valence-corrected chi connectivity index (χ3v) is 2.52. The number of carbonyl (C=O) groups excluding carboxylic acids is 1. The van der Waals surface area contributed by atoms with E-state index in [0.29, 0.717) is 6.42 Å². The highest BCUT2D eigenvalue weighted by Crippen LogP contribution is 2.20. The number of rotatable bonds is 6. The summed E-state index contributed by atoms with van der Waals surface area (Å²) >= 11 is 0. The standard InChI is InChI=1S/C13H17O2/c1-2-3-9-13(15)12(10-14)11-7-5-4-6-8-11/h4-8,12-13,15H,2-3,9H2,1H3. The maximum Gasteiger partial charge on any atom is 0.209 e. The fourth-order valence-corrected chi connectivity index (χ4v) is 1.61. The summed E-state index contributed by atoms with van der Waals surface area (Å²) in [6, 6.07) is 9.33. The molecule has 15 heavy (non-hydrogen) atoms. The number of hydrogen-bond donors (Lipinski definition) is 1. The van der Waals surface area contributed by atoms with Crippen LogP contribution >= 0.6 is 0 Å². The molecule has 0 heterocycles. The second kappa shape index (κ2) is 6.36. The van der Waals surface area contributed by atoms with Gasteiger partial charge in [-0.25, -0.2) is 0 Å². The Labute approximate surface area is 90.9 Å².